The van der Waals surface area contributed by atoms with Crippen LogP contribution >= 0.6 is 0 Å². The minimum atomic E-state index is -0.663. The van der Waals surface area contributed by atoms with E-state index in [0.717, 1.165) is 5.56 Å². The topological polar surface area (TPSA) is 26.3 Å². The lowest BCUT2D eigenvalue weighted by Crippen LogP contribution is -2.04. The van der Waals surface area contributed by atoms with Crippen molar-refractivity contribution < 1.29 is 9.53 Å². The van der Waals surface area contributed by atoms with E-state index in [1.54, 1.807) is 12.1 Å². The smallest absolute Gasteiger partial charge is 0.389 e. The number of para-hydroxylation sites is 1. The highest BCUT2D eigenvalue weighted by molar-refractivity contribution is 5.89. The molecule has 0 radical (unpaired) electrons. The van der Waals surface area contributed by atoms with Gasteiger partial charge < -0.3 is 4.74 Å². The highest BCUT2D eigenvalue weighted by Crippen LogP contribution is 2.15. The third-order valence-corrected chi connectivity index (χ3v) is 1.41. The van der Waals surface area contributed by atoms with Gasteiger partial charge in [0.2, 0.25) is 0 Å². The molecule has 0 aliphatic rings. The summed E-state index contributed by atoms with van der Waals surface area (Å²) in [6, 6.07) is 7.19. The largest absolute Gasteiger partial charge is 0.417 e. The molecule has 2 heteroatoms. The summed E-state index contributed by atoms with van der Waals surface area (Å²) in [6.45, 7) is 1.85. The lowest BCUT2D eigenvalue weighted by Gasteiger charge is -2.02. The summed E-state index contributed by atoms with van der Waals surface area (Å²) in [6.07, 6.45) is 4.85. The van der Waals surface area contributed by atoms with Crippen LogP contribution in [0.3, 0.4) is 0 Å². The van der Waals surface area contributed by atoms with Crippen LogP contribution < -0.4 is 4.74 Å². The Hall–Kier alpha value is -1.75. The quantitative estimate of drug-likeness (QED) is 0.269. The number of aryl methyl sites for hydroxylation is 1. The molecule has 1 rings (SSSR count). The Bertz CT molecular complexity index is 334. The molecule has 0 saturated heterocycles. The molecule has 0 atom stereocenters. The molecule has 0 aliphatic heterocycles. The summed E-state index contributed by atoms with van der Waals surface area (Å²) in [5.74, 6) is 1.73. The molecule has 0 saturated carbocycles. The van der Waals surface area contributed by atoms with Gasteiger partial charge >= 0.3 is 5.97 Å². The lowest BCUT2D eigenvalue weighted by molar-refractivity contribution is -0.128. The first-order chi connectivity index (χ1) is 5.74. The van der Waals surface area contributed by atoms with E-state index < -0.39 is 5.97 Å². The van der Waals surface area contributed by atoms with Crippen molar-refractivity contribution in [1.29, 1.82) is 0 Å². The Morgan fingerprint density at radius 2 is 2.17 bits per heavy atom. The Kier molecular flexibility index (Phi) is 2.49. The molecular weight excluding hydrogens is 152 g/mol. The summed E-state index contributed by atoms with van der Waals surface area (Å²) < 4.78 is 4.82. The SMILES string of the molecule is C#CC(=O)Oc1ccccc1C. The van der Waals surface area contributed by atoms with Gasteiger partial charge in [-0.05, 0) is 18.6 Å². The summed E-state index contributed by atoms with van der Waals surface area (Å²) in [5.41, 5.74) is 0.890. The van der Waals surface area contributed by atoms with Crippen molar-refractivity contribution in [3.05, 3.63) is 29.8 Å². The van der Waals surface area contributed by atoms with E-state index in [0.29, 0.717) is 5.75 Å². The Morgan fingerprint density at radius 3 is 2.75 bits per heavy atom. The van der Waals surface area contributed by atoms with Gasteiger partial charge in [-0.2, -0.15) is 0 Å². The Labute approximate surface area is 71.2 Å². The summed E-state index contributed by atoms with van der Waals surface area (Å²) in [4.78, 5) is 10.7. The van der Waals surface area contributed by atoms with Gasteiger partial charge in [0.25, 0.3) is 0 Å². The zero-order valence-corrected chi connectivity index (χ0v) is 6.70. The van der Waals surface area contributed by atoms with E-state index in [-0.39, 0.29) is 0 Å². The van der Waals surface area contributed by atoms with Gasteiger partial charge in [0.05, 0.1) is 0 Å². The number of esters is 1. The highest BCUT2D eigenvalue weighted by atomic mass is 16.5. The van der Waals surface area contributed by atoms with Crippen LogP contribution in [0.25, 0.3) is 0 Å². The molecule has 0 N–H and O–H groups in total. The standard InChI is InChI=1S/C10H8O2/c1-3-10(11)12-9-7-5-4-6-8(9)2/h1,4-7H,2H3. The molecule has 0 spiro atoms. The number of terminal acetylenes is 1. The fraction of sp³-hybridized carbons (Fsp3) is 0.100. The summed E-state index contributed by atoms with van der Waals surface area (Å²) >= 11 is 0. The minimum absolute atomic E-state index is 0.514. The Morgan fingerprint density at radius 1 is 1.50 bits per heavy atom. The lowest BCUT2D eigenvalue weighted by atomic mass is 10.2. The van der Waals surface area contributed by atoms with Crippen LogP contribution in [0, 0.1) is 19.3 Å². The van der Waals surface area contributed by atoms with Crippen molar-refractivity contribution in [2.45, 2.75) is 6.92 Å². The molecule has 0 aliphatic carbocycles. The predicted octanol–water partition coefficient (Wildman–Crippen LogP) is 1.53. The van der Waals surface area contributed by atoms with Gasteiger partial charge in [0, 0.05) is 5.92 Å². The molecule has 1 aromatic carbocycles. The van der Waals surface area contributed by atoms with E-state index in [2.05, 4.69) is 0 Å². The van der Waals surface area contributed by atoms with Crippen molar-refractivity contribution in [3.63, 3.8) is 0 Å². The molecule has 1 aromatic rings. The average Bonchev–Trinajstić information content (AvgIpc) is 2.09. The fourth-order valence-corrected chi connectivity index (χ4v) is 0.800. The number of benzene rings is 1. The maximum atomic E-state index is 10.7. The number of carbonyl (C=O) groups excluding carboxylic acids is 1. The van der Waals surface area contributed by atoms with Gasteiger partial charge in [0.15, 0.2) is 0 Å². The van der Waals surface area contributed by atoms with E-state index in [1.807, 2.05) is 25.0 Å². The van der Waals surface area contributed by atoms with E-state index in [9.17, 15) is 4.79 Å². The van der Waals surface area contributed by atoms with Crippen LogP contribution in [0.5, 0.6) is 5.75 Å². The van der Waals surface area contributed by atoms with Crippen molar-refractivity contribution in [3.8, 4) is 18.1 Å². The average molecular weight is 160 g/mol. The molecule has 0 unspecified atom stereocenters. The summed E-state index contributed by atoms with van der Waals surface area (Å²) in [5, 5.41) is 0. The molecule has 0 fully saturated rings. The van der Waals surface area contributed by atoms with E-state index >= 15 is 0 Å². The molecule has 0 heterocycles. The van der Waals surface area contributed by atoms with Gasteiger partial charge in [-0.1, -0.05) is 18.2 Å². The van der Waals surface area contributed by atoms with Crippen LogP contribution in [-0.4, -0.2) is 5.97 Å². The Balaban J connectivity index is 2.84. The molecular formula is C10H8O2. The third-order valence-electron chi connectivity index (χ3n) is 1.41. The molecule has 0 bridgehead atoms. The van der Waals surface area contributed by atoms with E-state index in [4.69, 9.17) is 11.2 Å². The zero-order chi connectivity index (χ0) is 8.97. The molecule has 2 nitrogen and oxygen atoms in total. The molecule has 0 amide bonds. The molecule has 0 aromatic heterocycles. The third kappa shape index (κ3) is 1.86. The van der Waals surface area contributed by atoms with Gasteiger partial charge in [0.1, 0.15) is 5.75 Å². The maximum absolute atomic E-state index is 10.7. The predicted molar refractivity (Wildman–Crippen MR) is 45.6 cm³/mol. The second kappa shape index (κ2) is 3.59. The number of hydrogen-bond donors (Lipinski definition) is 0. The monoisotopic (exact) mass is 160 g/mol. The summed E-state index contributed by atoms with van der Waals surface area (Å²) in [7, 11) is 0. The first-order valence-electron chi connectivity index (χ1n) is 3.48. The fourth-order valence-electron chi connectivity index (χ4n) is 0.800. The highest BCUT2D eigenvalue weighted by Gasteiger charge is 2.01. The van der Waals surface area contributed by atoms with Crippen LogP contribution in [-0.2, 0) is 4.79 Å². The van der Waals surface area contributed by atoms with E-state index in [1.165, 1.54) is 0 Å². The molecule has 60 valence electrons. The second-order valence-electron chi connectivity index (χ2n) is 2.30. The van der Waals surface area contributed by atoms with Crippen LogP contribution in [0.15, 0.2) is 24.3 Å². The van der Waals surface area contributed by atoms with Crippen molar-refractivity contribution in [2.75, 3.05) is 0 Å². The zero-order valence-electron chi connectivity index (χ0n) is 6.70. The first-order valence-corrected chi connectivity index (χ1v) is 3.48. The van der Waals surface area contributed by atoms with Gasteiger partial charge in [-0.3, -0.25) is 0 Å². The normalized spacial score (nSPS) is 8.67. The minimum Gasteiger partial charge on any atom is -0.417 e. The second-order valence-corrected chi connectivity index (χ2v) is 2.30. The first kappa shape index (κ1) is 8.35. The number of ether oxygens (including phenoxy) is 1. The number of carbonyl (C=O) groups is 1. The van der Waals surface area contributed by atoms with Crippen LogP contribution in [0.1, 0.15) is 5.56 Å². The number of rotatable bonds is 1. The number of hydrogen-bond acceptors (Lipinski definition) is 2. The van der Waals surface area contributed by atoms with Crippen LogP contribution in [0.4, 0.5) is 0 Å². The maximum Gasteiger partial charge on any atom is 0.389 e. The van der Waals surface area contributed by atoms with Gasteiger partial charge in [-0.25, -0.2) is 4.79 Å². The van der Waals surface area contributed by atoms with Crippen molar-refractivity contribution in [2.24, 2.45) is 0 Å². The van der Waals surface area contributed by atoms with Crippen molar-refractivity contribution in [1.82, 2.24) is 0 Å². The van der Waals surface area contributed by atoms with Crippen molar-refractivity contribution >= 4 is 5.97 Å². The van der Waals surface area contributed by atoms with Gasteiger partial charge in [-0.15, -0.1) is 6.42 Å². The molecule has 12 heavy (non-hydrogen) atoms. The van der Waals surface area contributed by atoms with Crippen LogP contribution in [0.2, 0.25) is 0 Å².